The van der Waals surface area contributed by atoms with Crippen LogP contribution in [0.3, 0.4) is 0 Å². The molecule has 1 aliphatic heterocycles. The van der Waals surface area contributed by atoms with Crippen LogP contribution in [-0.2, 0) is 9.30 Å². The van der Waals surface area contributed by atoms with Crippen LogP contribution in [0, 0.1) is 0 Å². The van der Waals surface area contributed by atoms with Crippen molar-refractivity contribution in [2.45, 2.75) is 6.92 Å². The Kier molecular flexibility index (Phi) is 8.35. The van der Waals surface area contributed by atoms with Gasteiger partial charge in [0.25, 0.3) is 0 Å². The molecule has 0 spiro atoms. The zero-order valence-corrected chi connectivity index (χ0v) is 21.9. The molecule has 0 atom stereocenters. The van der Waals surface area contributed by atoms with Crippen molar-refractivity contribution in [3.05, 3.63) is 78.9 Å². The Morgan fingerprint density at radius 3 is 2.37 bits per heavy atom. The molecule has 5 rings (SSSR count). The van der Waals surface area contributed by atoms with Crippen molar-refractivity contribution in [2.24, 2.45) is 5.73 Å². The predicted octanol–water partition coefficient (Wildman–Crippen LogP) is 4.34. The van der Waals surface area contributed by atoms with Crippen LogP contribution in [0.5, 0.6) is 0 Å². The lowest BCUT2D eigenvalue weighted by atomic mass is 10.1. The molecule has 0 saturated carbocycles. The largest absolute Gasteiger partial charge is 0.400 e. The highest BCUT2D eigenvalue weighted by atomic mass is 31.1. The molecule has 0 unspecified atom stereocenters. The Labute approximate surface area is 221 Å². The number of nitrogens with zero attached hydrogens (tertiary/aromatic N) is 4. The number of anilines is 3. The summed E-state index contributed by atoms with van der Waals surface area (Å²) in [5.41, 5.74) is 22.7. The molecule has 9 nitrogen and oxygen atoms in total. The molecule has 1 saturated heterocycles. The van der Waals surface area contributed by atoms with E-state index >= 15 is 0 Å². The average Bonchev–Trinajstić information content (AvgIpc) is 3.28. The number of nitrogen functional groups attached to an aromatic ring is 2. The summed E-state index contributed by atoms with van der Waals surface area (Å²) in [5.74, 6) is 0.233. The summed E-state index contributed by atoms with van der Waals surface area (Å²) in [6, 6.07) is 15.9. The van der Waals surface area contributed by atoms with Gasteiger partial charge in [0.15, 0.2) is 8.46 Å². The molecule has 38 heavy (non-hydrogen) atoms. The van der Waals surface area contributed by atoms with E-state index < -0.39 is 5.83 Å². The van der Waals surface area contributed by atoms with E-state index in [1.54, 1.807) is 12.3 Å². The number of hydrogen-bond donors (Lipinski definition) is 3. The third-order valence-electron chi connectivity index (χ3n) is 6.05. The molecule has 3 heterocycles. The first-order valence-corrected chi connectivity index (χ1v) is 12.7. The van der Waals surface area contributed by atoms with Gasteiger partial charge in [-0.15, -0.1) is 0 Å². The smallest absolute Gasteiger partial charge is 0.205 e. The number of rotatable bonds is 5. The maximum atomic E-state index is 11.9. The van der Waals surface area contributed by atoms with Gasteiger partial charge in [-0.25, -0.2) is 14.4 Å². The Morgan fingerprint density at radius 2 is 1.76 bits per heavy atom. The summed E-state index contributed by atoms with van der Waals surface area (Å²) in [6.45, 7) is 7.92. The highest BCUT2D eigenvalue weighted by Gasteiger charge is 2.15. The van der Waals surface area contributed by atoms with Crippen molar-refractivity contribution in [3.8, 4) is 16.8 Å². The van der Waals surface area contributed by atoms with Gasteiger partial charge in [0.2, 0.25) is 5.95 Å². The maximum Gasteiger partial charge on any atom is 0.205 e. The van der Waals surface area contributed by atoms with Crippen molar-refractivity contribution in [1.29, 1.82) is 0 Å². The summed E-state index contributed by atoms with van der Waals surface area (Å²) in [6.07, 6.45) is 2.75. The zero-order chi connectivity index (χ0) is 27.2. The molecule has 4 aromatic rings. The van der Waals surface area contributed by atoms with E-state index in [-0.39, 0.29) is 20.0 Å². The molecular weight excluding hydrogens is 504 g/mol. The van der Waals surface area contributed by atoms with Crippen LogP contribution in [0.4, 0.5) is 21.8 Å². The van der Waals surface area contributed by atoms with Gasteiger partial charge in [-0.2, -0.15) is 0 Å². The number of benzene rings is 2. The Balaban J connectivity index is 0.000000426. The van der Waals surface area contributed by atoms with E-state index in [2.05, 4.69) is 33.6 Å². The Bertz CT molecular complexity index is 1490. The number of imidazole rings is 1. The number of aromatic nitrogens is 3. The van der Waals surface area contributed by atoms with Crippen LogP contribution in [0.15, 0.2) is 78.9 Å². The van der Waals surface area contributed by atoms with Crippen LogP contribution >= 0.6 is 8.46 Å². The van der Waals surface area contributed by atoms with Crippen molar-refractivity contribution >= 4 is 42.3 Å². The minimum absolute atomic E-state index is 0.159. The molecule has 196 valence electrons. The highest BCUT2D eigenvalue weighted by Crippen LogP contribution is 2.29. The lowest BCUT2D eigenvalue weighted by Crippen LogP contribution is -2.36. The fraction of sp³-hybridized carbons (Fsp3) is 0.185. The van der Waals surface area contributed by atoms with E-state index in [0.717, 1.165) is 65.9 Å². The fourth-order valence-electron chi connectivity index (χ4n) is 4.03. The SMILES string of the molecule is C=C/C(F)=C(\C)N.Nc1ncc(-c2ccc3nc(N)n(-c4ccc(N5CCOCC5)cc4)c3c2)cc1P=O. The van der Waals surface area contributed by atoms with Crippen LogP contribution in [-0.4, -0.2) is 40.8 Å². The van der Waals surface area contributed by atoms with Gasteiger partial charge in [-0.1, -0.05) is 12.6 Å². The molecule has 1 aliphatic rings. The summed E-state index contributed by atoms with van der Waals surface area (Å²) in [4.78, 5) is 11.0. The van der Waals surface area contributed by atoms with Gasteiger partial charge in [-0.3, -0.25) is 9.13 Å². The second-order valence-electron chi connectivity index (χ2n) is 8.58. The van der Waals surface area contributed by atoms with Crippen molar-refractivity contribution < 1.29 is 13.7 Å². The highest BCUT2D eigenvalue weighted by molar-refractivity contribution is 7.34. The first-order valence-electron chi connectivity index (χ1n) is 11.9. The number of pyridine rings is 1. The first-order chi connectivity index (χ1) is 18.3. The molecule has 0 radical (unpaired) electrons. The van der Waals surface area contributed by atoms with E-state index in [1.807, 2.05) is 34.9 Å². The summed E-state index contributed by atoms with van der Waals surface area (Å²) >= 11 is 0. The Morgan fingerprint density at radius 1 is 1.08 bits per heavy atom. The zero-order valence-electron chi connectivity index (χ0n) is 21.0. The summed E-state index contributed by atoms with van der Waals surface area (Å²) < 4.78 is 30.6. The van der Waals surface area contributed by atoms with Crippen LogP contribution in [0.2, 0.25) is 0 Å². The molecule has 6 N–H and O–H groups in total. The molecule has 11 heteroatoms. The molecule has 0 bridgehead atoms. The fourth-order valence-corrected chi connectivity index (χ4v) is 4.38. The maximum absolute atomic E-state index is 11.9. The lowest BCUT2D eigenvalue weighted by Gasteiger charge is -2.29. The number of ether oxygens (including phenoxy) is 1. The predicted molar refractivity (Wildman–Crippen MR) is 152 cm³/mol. The third kappa shape index (κ3) is 5.82. The van der Waals surface area contributed by atoms with Crippen molar-refractivity contribution in [3.63, 3.8) is 0 Å². The normalized spacial score (nSPS) is 14.1. The second-order valence-corrected chi connectivity index (χ2v) is 9.24. The van der Waals surface area contributed by atoms with Gasteiger partial charge < -0.3 is 26.8 Å². The lowest BCUT2D eigenvalue weighted by molar-refractivity contribution is 0.122. The minimum Gasteiger partial charge on any atom is -0.400 e. The van der Waals surface area contributed by atoms with Crippen LogP contribution in [0.25, 0.3) is 27.8 Å². The van der Waals surface area contributed by atoms with Crippen LogP contribution < -0.4 is 27.4 Å². The quantitative estimate of drug-likeness (QED) is 0.254. The monoisotopic (exact) mass is 533 g/mol. The third-order valence-corrected chi connectivity index (χ3v) is 6.60. The molecule has 2 aromatic carbocycles. The van der Waals surface area contributed by atoms with Gasteiger partial charge >= 0.3 is 0 Å². The summed E-state index contributed by atoms with van der Waals surface area (Å²) in [7, 11) is -0.159. The van der Waals surface area contributed by atoms with E-state index in [0.29, 0.717) is 11.3 Å². The molecule has 0 aliphatic carbocycles. The molecule has 0 amide bonds. The second kappa shape index (κ2) is 11.9. The van der Waals surface area contributed by atoms with Gasteiger partial charge in [0.05, 0.1) is 29.6 Å². The standard InChI is InChI=1S/C22H21N6O2P.C5H8FN/c23-21-20(31-29)12-15(13-25-21)14-1-6-18-19(11-14)28(22(24)26-18)17-4-2-16(3-5-17)27-7-9-30-10-8-27;1-3-5(6)4(2)7/h1-6,11-13H,7-10H2,(H2,23,25)(H2,24,26);3H,1,7H2,2H3/b;5-4-. The Hall–Kier alpha value is -4.27. The van der Waals surface area contributed by atoms with Crippen molar-refractivity contribution in [1.82, 2.24) is 14.5 Å². The molecule has 2 aromatic heterocycles. The average molecular weight is 534 g/mol. The van der Waals surface area contributed by atoms with E-state index in [4.69, 9.17) is 21.9 Å². The number of allylic oxidation sites excluding steroid dienone is 3. The minimum atomic E-state index is -0.444. The van der Waals surface area contributed by atoms with Gasteiger partial charge in [-0.05, 0) is 61.0 Å². The van der Waals surface area contributed by atoms with E-state index in [1.165, 1.54) is 6.92 Å². The number of hydrogen-bond acceptors (Lipinski definition) is 8. The first kappa shape index (κ1) is 26.8. The van der Waals surface area contributed by atoms with E-state index in [9.17, 15) is 8.96 Å². The number of halogens is 1. The van der Waals surface area contributed by atoms with Crippen LogP contribution in [0.1, 0.15) is 6.92 Å². The molecule has 1 fully saturated rings. The number of fused-ring (bicyclic) bond motifs is 1. The molecular formula is C27H29FN7O2P. The number of nitrogens with two attached hydrogens (primary N) is 3. The topological polar surface area (TPSA) is 138 Å². The number of morpholine rings is 1. The van der Waals surface area contributed by atoms with Gasteiger partial charge in [0, 0.05) is 41.9 Å². The van der Waals surface area contributed by atoms with Crippen molar-refractivity contribution in [2.75, 3.05) is 42.7 Å². The van der Waals surface area contributed by atoms with Gasteiger partial charge in [0.1, 0.15) is 11.6 Å². The summed E-state index contributed by atoms with van der Waals surface area (Å²) in [5, 5.41) is 0.462.